The maximum absolute atomic E-state index is 13.4. The van der Waals surface area contributed by atoms with Gasteiger partial charge in [-0.25, -0.2) is 0 Å². The number of benzene rings is 3. The summed E-state index contributed by atoms with van der Waals surface area (Å²) in [5.74, 6) is -0.689. The summed E-state index contributed by atoms with van der Waals surface area (Å²) in [6.07, 6.45) is -1.09. The van der Waals surface area contributed by atoms with Crippen LogP contribution in [0.25, 0.3) is 0 Å². The SMILES string of the molecule is C=C(Nc1cccc(C#N)c1)NC(NC(=O)C(c1ccccc1)c1ccccc1)C(Cl)(Cl)Cl. The molecule has 0 aromatic heterocycles. The number of rotatable bonds is 8. The predicted molar refractivity (Wildman–Crippen MR) is 134 cm³/mol. The lowest BCUT2D eigenvalue weighted by molar-refractivity contribution is -0.122. The zero-order valence-corrected chi connectivity index (χ0v) is 19.7. The normalized spacial score (nSPS) is 11.8. The van der Waals surface area contributed by atoms with Gasteiger partial charge in [-0.2, -0.15) is 5.26 Å². The Hall–Kier alpha value is -3.17. The molecule has 0 aliphatic carbocycles. The van der Waals surface area contributed by atoms with E-state index in [1.807, 2.05) is 60.7 Å². The first-order valence-electron chi connectivity index (χ1n) is 9.97. The second-order valence-corrected chi connectivity index (χ2v) is 9.55. The van der Waals surface area contributed by atoms with Crippen molar-refractivity contribution in [3.63, 3.8) is 0 Å². The molecule has 3 N–H and O–H groups in total. The van der Waals surface area contributed by atoms with E-state index in [4.69, 9.17) is 40.1 Å². The Labute approximate surface area is 208 Å². The summed E-state index contributed by atoms with van der Waals surface area (Å²) in [7, 11) is 0. The fourth-order valence-electron chi connectivity index (χ4n) is 3.26. The van der Waals surface area contributed by atoms with Gasteiger partial charge < -0.3 is 16.0 Å². The summed E-state index contributed by atoms with van der Waals surface area (Å²) in [6.45, 7) is 3.89. The van der Waals surface area contributed by atoms with Crippen molar-refractivity contribution in [3.8, 4) is 6.07 Å². The minimum Gasteiger partial charge on any atom is -0.349 e. The third kappa shape index (κ3) is 6.90. The molecule has 3 rings (SSSR count). The van der Waals surface area contributed by atoms with Crippen LogP contribution in [-0.4, -0.2) is 15.9 Å². The molecule has 3 aromatic rings. The van der Waals surface area contributed by atoms with Crippen LogP contribution in [-0.2, 0) is 4.79 Å². The van der Waals surface area contributed by atoms with Gasteiger partial charge in [0.1, 0.15) is 6.17 Å². The molecular formula is C25H21Cl3N4O. The van der Waals surface area contributed by atoms with Crippen LogP contribution in [0.4, 0.5) is 5.69 Å². The van der Waals surface area contributed by atoms with Crippen molar-refractivity contribution in [2.24, 2.45) is 0 Å². The largest absolute Gasteiger partial charge is 0.349 e. The van der Waals surface area contributed by atoms with E-state index in [1.165, 1.54) is 0 Å². The lowest BCUT2D eigenvalue weighted by Crippen LogP contribution is -2.54. The van der Waals surface area contributed by atoms with Crippen molar-refractivity contribution in [2.45, 2.75) is 15.9 Å². The second kappa shape index (κ2) is 11.1. The van der Waals surface area contributed by atoms with Crippen LogP contribution in [0.15, 0.2) is 97.3 Å². The summed E-state index contributed by atoms with van der Waals surface area (Å²) in [5.41, 5.74) is 2.70. The van der Waals surface area contributed by atoms with Crippen LogP contribution in [0.3, 0.4) is 0 Å². The number of hydrogen-bond acceptors (Lipinski definition) is 4. The molecule has 0 aliphatic heterocycles. The Bertz CT molecular complexity index is 1100. The molecule has 1 unspecified atom stereocenters. The first kappa shape index (κ1) is 24.5. The van der Waals surface area contributed by atoms with Gasteiger partial charge in [0.2, 0.25) is 9.70 Å². The van der Waals surface area contributed by atoms with Crippen molar-refractivity contribution in [2.75, 3.05) is 5.32 Å². The topological polar surface area (TPSA) is 77.0 Å². The summed E-state index contributed by atoms with van der Waals surface area (Å²) in [4.78, 5) is 13.4. The summed E-state index contributed by atoms with van der Waals surface area (Å²) in [5, 5.41) is 17.8. The van der Waals surface area contributed by atoms with Crippen LogP contribution in [0.1, 0.15) is 22.6 Å². The van der Waals surface area contributed by atoms with Gasteiger partial charge in [0.15, 0.2) is 0 Å². The van der Waals surface area contributed by atoms with E-state index in [1.54, 1.807) is 24.3 Å². The molecule has 0 saturated heterocycles. The van der Waals surface area contributed by atoms with Crippen molar-refractivity contribution < 1.29 is 4.79 Å². The lowest BCUT2D eigenvalue weighted by atomic mass is 9.90. The van der Waals surface area contributed by atoms with Crippen molar-refractivity contribution in [3.05, 3.63) is 114 Å². The maximum atomic E-state index is 13.4. The highest BCUT2D eigenvalue weighted by atomic mass is 35.6. The molecule has 8 heteroatoms. The first-order valence-corrected chi connectivity index (χ1v) is 11.1. The molecular weight excluding hydrogens is 479 g/mol. The van der Waals surface area contributed by atoms with Gasteiger partial charge in [0.25, 0.3) is 0 Å². The van der Waals surface area contributed by atoms with E-state index in [2.05, 4.69) is 28.6 Å². The van der Waals surface area contributed by atoms with E-state index in [-0.39, 0.29) is 11.7 Å². The Morgan fingerprint density at radius 3 is 1.97 bits per heavy atom. The smallest absolute Gasteiger partial charge is 0.233 e. The maximum Gasteiger partial charge on any atom is 0.233 e. The van der Waals surface area contributed by atoms with Gasteiger partial charge in [-0.1, -0.05) is 108 Å². The number of nitrogens with zero attached hydrogens (tertiary/aromatic N) is 1. The number of anilines is 1. The molecule has 0 bridgehead atoms. The highest BCUT2D eigenvalue weighted by Gasteiger charge is 2.36. The minimum atomic E-state index is -1.88. The number of hydrogen-bond donors (Lipinski definition) is 3. The Morgan fingerprint density at radius 2 is 1.45 bits per heavy atom. The van der Waals surface area contributed by atoms with Crippen molar-refractivity contribution in [1.82, 2.24) is 10.6 Å². The number of carbonyl (C=O) groups is 1. The van der Waals surface area contributed by atoms with Crippen molar-refractivity contribution in [1.29, 1.82) is 5.26 Å². The number of amides is 1. The number of nitrogens with one attached hydrogen (secondary N) is 3. The van der Waals surface area contributed by atoms with Crippen LogP contribution < -0.4 is 16.0 Å². The number of alkyl halides is 3. The van der Waals surface area contributed by atoms with E-state index in [0.717, 1.165) is 11.1 Å². The van der Waals surface area contributed by atoms with Crippen LogP contribution >= 0.6 is 34.8 Å². The summed E-state index contributed by atoms with van der Waals surface area (Å²) >= 11 is 18.5. The van der Waals surface area contributed by atoms with Gasteiger partial charge in [0, 0.05) is 5.69 Å². The second-order valence-electron chi connectivity index (χ2n) is 7.18. The average Bonchev–Trinajstić information content (AvgIpc) is 2.80. The van der Waals surface area contributed by atoms with Crippen LogP contribution in [0.5, 0.6) is 0 Å². The molecule has 0 aliphatic rings. The first-order chi connectivity index (χ1) is 15.8. The minimum absolute atomic E-state index is 0.276. The highest BCUT2D eigenvalue weighted by Crippen LogP contribution is 2.31. The zero-order chi connectivity index (χ0) is 23.8. The number of halogens is 3. The van der Waals surface area contributed by atoms with Gasteiger partial charge in [-0.3, -0.25) is 4.79 Å². The van der Waals surface area contributed by atoms with E-state index in [9.17, 15) is 4.79 Å². The van der Waals surface area contributed by atoms with Crippen molar-refractivity contribution >= 4 is 46.4 Å². The molecule has 3 aromatic carbocycles. The van der Waals surface area contributed by atoms with Gasteiger partial charge in [0.05, 0.1) is 23.4 Å². The molecule has 1 amide bonds. The molecule has 0 radical (unpaired) electrons. The Balaban J connectivity index is 1.80. The van der Waals surface area contributed by atoms with Gasteiger partial charge in [-0.05, 0) is 29.3 Å². The fourth-order valence-corrected chi connectivity index (χ4v) is 3.59. The Morgan fingerprint density at radius 1 is 0.879 bits per heavy atom. The summed E-state index contributed by atoms with van der Waals surface area (Å²) in [6, 6.07) is 27.6. The number of carbonyl (C=O) groups excluding carboxylic acids is 1. The quantitative estimate of drug-likeness (QED) is 0.275. The van der Waals surface area contributed by atoms with Gasteiger partial charge in [-0.15, -0.1) is 0 Å². The molecule has 0 fully saturated rings. The zero-order valence-electron chi connectivity index (χ0n) is 17.4. The molecule has 33 heavy (non-hydrogen) atoms. The van der Waals surface area contributed by atoms with E-state index >= 15 is 0 Å². The highest BCUT2D eigenvalue weighted by molar-refractivity contribution is 6.68. The molecule has 0 spiro atoms. The predicted octanol–water partition coefficient (Wildman–Crippen LogP) is 5.68. The van der Waals surface area contributed by atoms with Crippen LogP contribution in [0.2, 0.25) is 0 Å². The molecule has 0 saturated carbocycles. The molecule has 5 nitrogen and oxygen atoms in total. The van der Waals surface area contributed by atoms with E-state index < -0.39 is 15.9 Å². The third-order valence-corrected chi connectivity index (χ3v) is 5.40. The van der Waals surface area contributed by atoms with Gasteiger partial charge >= 0.3 is 0 Å². The monoisotopic (exact) mass is 498 g/mol. The summed E-state index contributed by atoms with van der Waals surface area (Å²) < 4.78 is -1.88. The lowest BCUT2D eigenvalue weighted by Gasteiger charge is -2.30. The number of nitriles is 1. The average molecular weight is 500 g/mol. The molecule has 1 atom stereocenters. The standard InChI is InChI=1S/C25H21Cl3N4O/c1-17(30-21-14-8-9-18(15-21)16-29)31-24(25(26,27)28)32-23(33)22(19-10-4-2-5-11-19)20-12-6-3-7-13-20/h2-15,22,24,30-31H,1H2,(H,32,33). The third-order valence-electron chi connectivity index (χ3n) is 4.75. The fraction of sp³-hybridized carbons (Fsp3) is 0.120. The van der Waals surface area contributed by atoms with E-state index in [0.29, 0.717) is 11.3 Å². The Kier molecular flexibility index (Phi) is 8.24. The van der Waals surface area contributed by atoms with Crippen LogP contribution in [0, 0.1) is 11.3 Å². The molecule has 0 heterocycles. The molecule has 168 valence electrons.